The van der Waals surface area contributed by atoms with Crippen molar-refractivity contribution in [2.75, 3.05) is 30.4 Å². The van der Waals surface area contributed by atoms with Crippen LogP contribution in [0.25, 0.3) is 22.6 Å². The predicted octanol–water partition coefficient (Wildman–Crippen LogP) is 3.75. The van der Waals surface area contributed by atoms with Crippen molar-refractivity contribution in [2.45, 2.75) is 49.8 Å². The molecule has 2 aliphatic rings. The van der Waals surface area contributed by atoms with Crippen molar-refractivity contribution in [1.82, 2.24) is 39.2 Å². The van der Waals surface area contributed by atoms with Gasteiger partial charge in [0.05, 0.1) is 28.9 Å². The van der Waals surface area contributed by atoms with E-state index in [1.807, 2.05) is 25.4 Å². The molecule has 2 saturated carbocycles. The van der Waals surface area contributed by atoms with Gasteiger partial charge < -0.3 is 16.0 Å². The third kappa shape index (κ3) is 6.44. The number of nitrogens with zero attached hydrogens (tertiary/aromatic N) is 7. The molecule has 4 aromatic rings. The van der Waals surface area contributed by atoms with Crippen molar-refractivity contribution in [1.29, 1.82) is 0 Å². The van der Waals surface area contributed by atoms with Crippen molar-refractivity contribution in [3.63, 3.8) is 0 Å². The van der Waals surface area contributed by atoms with E-state index in [2.05, 4.69) is 41.1 Å². The molecule has 0 unspecified atom stereocenters. The number of halogens is 1. The van der Waals surface area contributed by atoms with E-state index in [-0.39, 0.29) is 11.9 Å². The van der Waals surface area contributed by atoms with Crippen molar-refractivity contribution in [3.05, 3.63) is 49.2 Å². The van der Waals surface area contributed by atoms with Crippen molar-refractivity contribution >= 4 is 27.3 Å². The second-order valence-electron chi connectivity index (χ2n) is 11.0. The number of pyridine rings is 1. The zero-order valence-electron chi connectivity index (χ0n) is 23.4. The first-order valence-corrected chi connectivity index (χ1v) is 15.8. The van der Waals surface area contributed by atoms with E-state index in [0.29, 0.717) is 54.4 Å². The number of hydrogen-bond acceptors (Lipinski definition) is 10. The summed E-state index contributed by atoms with van der Waals surface area (Å²) in [6, 6.07) is 6.02. The Labute approximate surface area is 244 Å². The first-order chi connectivity index (χ1) is 20.4. The summed E-state index contributed by atoms with van der Waals surface area (Å²) in [5.41, 5.74) is 3.13. The fourth-order valence-corrected chi connectivity index (χ4v) is 6.77. The van der Waals surface area contributed by atoms with E-state index >= 15 is 0 Å². The minimum atomic E-state index is -3.47. The van der Waals surface area contributed by atoms with Gasteiger partial charge in [0.15, 0.2) is 5.82 Å². The van der Waals surface area contributed by atoms with Crippen LogP contribution in [0.3, 0.4) is 0 Å². The summed E-state index contributed by atoms with van der Waals surface area (Å²) in [5, 5.41) is 18.4. The predicted molar refractivity (Wildman–Crippen MR) is 159 cm³/mol. The molecule has 4 aromatic heterocycles. The standard InChI is InChI=1S/C28H35FN10O2S/c1-38-13-9-24(37-38)23-17-33-27(14-25(23)32-15-19-2-4-21(5-3-19)30-12-10-29)35-26-8-11-31-28(36-26)20-16-34-39(18-20)42(40,41)22-6-7-22/h8-9,11,13-14,16-19,21-22,30H,2-7,10,12,15H2,1H3,(H2,31,32,33,35,36). The van der Waals surface area contributed by atoms with Gasteiger partial charge in [0.25, 0.3) is 10.0 Å². The summed E-state index contributed by atoms with van der Waals surface area (Å²) in [6.45, 7) is 0.903. The Balaban J connectivity index is 1.18. The smallest absolute Gasteiger partial charge is 0.256 e. The highest BCUT2D eigenvalue weighted by atomic mass is 32.2. The molecule has 222 valence electrons. The molecule has 0 saturated heterocycles. The average molecular weight is 595 g/mol. The van der Waals surface area contributed by atoms with E-state index < -0.39 is 10.0 Å². The summed E-state index contributed by atoms with van der Waals surface area (Å²) in [7, 11) is -1.59. The van der Waals surface area contributed by atoms with Crippen LogP contribution in [-0.2, 0) is 17.1 Å². The molecule has 3 N–H and O–H groups in total. The lowest BCUT2D eigenvalue weighted by Crippen LogP contribution is -2.35. The Hall–Kier alpha value is -3.91. The number of hydrogen-bond donors (Lipinski definition) is 3. The molecule has 0 spiro atoms. The Bertz CT molecular complexity index is 1630. The third-order valence-corrected chi connectivity index (χ3v) is 9.82. The number of rotatable bonds is 12. The van der Waals surface area contributed by atoms with Crippen LogP contribution in [-0.4, -0.2) is 73.4 Å². The summed E-state index contributed by atoms with van der Waals surface area (Å²) in [4.78, 5) is 13.5. The van der Waals surface area contributed by atoms with E-state index in [1.165, 1.54) is 12.4 Å². The van der Waals surface area contributed by atoms with E-state index in [0.717, 1.165) is 53.3 Å². The molecular weight excluding hydrogens is 559 g/mol. The summed E-state index contributed by atoms with van der Waals surface area (Å²) >= 11 is 0. The Kier molecular flexibility index (Phi) is 8.16. The summed E-state index contributed by atoms with van der Waals surface area (Å²) in [5.74, 6) is 1.98. The van der Waals surface area contributed by atoms with Gasteiger partial charge in [-0.3, -0.25) is 4.68 Å². The zero-order chi connectivity index (χ0) is 29.1. The minimum absolute atomic E-state index is 0.331. The molecule has 0 amide bonds. The van der Waals surface area contributed by atoms with Gasteiger partial charge in [-0.2, -0.15) is 14.3 Å². The largest absolute Gasteiger partial charge is 0.384 e. The van der Waals surface area contributed by atoms with E-state index in [4.69, 9.17) is 0 Å². The third-order valence-electron chi connectivity index (χ3n) is 7.79. The van der Waals surface area contributed by atoms with Crippen LogP contribution in [0.15, 0.2) is 49.2 Å². The first kappa shape index (κ1) is 28.2. The molecule has 0 aromatic carbocycles. The average Bonchev–Trinajstić information content (AvgIpc) is 3.59. The van der Waals surface area contributed by atoms with Crippen LogP contribution in [0.1, 0.15) is 38.5 Å². The quantitative estimate of drug-likeness (QED) is 0.222. The molecule has 0 radical (unpaired) electrons. The number of nitrogens with one attached hydrogen (secondary N) is 3. The zero-order valence-corrected chi connectivity index (χ0v) is 24.3. The molecule has 2 fully saturated rings. The van der Waals surface area contributed by atoms with Crippen LogP contribution in [0, 0.1) is 5.92 Å². The maximum absolute atomic E-state index is 12.5. The molecule has 0 aliphatic heterocycles. The lowest BCUT2D eigenvalue weighted by atomic mass is 9.86. The molecule has 6 rings (SSSR count). The summed E-state index contributed by atoms with van der Waals surface area (Å²) < 4.78 is 40.4. The Morgan fingerprint density at radius 1 is 1.05 bits per heavy atom. The van der Waals surface area contributed by atoms with Gasteiger partial charge in [0.2, 0.25) is 0 Å². The van der Waals surface area contributed by atoms with E-state index in [9.17, 15) is 12.8 Å². The molecule has 2 aliphatic carbocycles. The highest BCUT2D eigenvalue weighted by Crippen LogP contribution is 2.32. The van der Waals surface area contributed by atoms with Crippen LogP contribution in [0.4, 0.5) is 21.7 Å². The van der Waals surface area contributed by atoms with E-state index in [1.54, 1.807) is 23.1 Å². The van der Waals surface area contributed by atoms with Gasteiger partial charge in [-0.05, 0) is 56.6 Å². The minimum Gasteiger partial charge on any atom is -0.384 e. The van der Waals surface area contributed by atoms with Crippen LogP contribution >= 0.6 is 0 Å². The van der Waals surface area contributed by atoms with Gasteiger partial charge in [-0.25, -0.2) is 27.8 Å². The van der Waals surface area contributed by atoms with Crippen molar-refractivity contribution in [2.24, 2.45) is 13.0 Å². The number of aromatic nitrogens is 7. The molecule has 14 heteroatoms. The van der Waals surface area contributed by atoms with Crippen LogP contribution in [0.2, 0.25) is 0 Å². The van der Waals surface area contributed by atoms with Crippen molar-refractivity contribution in [3.8, 4) is 22.6 Å². The van der Waals surface area contributed by atoms with Gasteiger partial charge in [0.1, 0.15) is 18.3 Å². The van der Waals surface area contributed by atoms with Gasteiger partial charge in [0, 0.05) is 62.1 Å². The Morgan fingerprint density at radius 2 is 1.88 bits per heavy atom. The maximum atomic E-state index is 12.5. The van der Waals surface area contributed by atoms with Gasteiger partial charge >= 0.3 is 0 Å². The number of alkyl halides is 1. The Morgan fingerprint density at radius 3 is 2.62 bits per heavy atom. The number of anilines is 3. The normalized spacial score (nSPS) is 19.1. The number of aryl methyl sites for hydroxylation is 1. The highest BCUT2D eigenvalue weighted by Gasteiger charge is 2.37. The fraction of sp³-hybridized carbons (Fsp3) is 0.464. The molecule has 0 atom stereocenters. The first-order valence-electron chi connectivity index (χ1n) is 14.3. The topological polar surface area (TPSA) is 145 Å². The molecular formula is C28H35FN10O2S. The highest BCUT2D eigenvalue weighted by molar-refractivity contribution is 7.90. The van der Waals surface area contributed by atoms with Gasteiger partial charge in [-0.15, -0.1) is 0 Å². The monoisotopic (exact) mass is 594 g/mol. The van der Waals surface area contributed by atoms with Gasteiger partial charge in [-0.1, -0.05) is 0 Å². The van der Waals surface area contributed by atoms with Crippen LogP contribution < -0.4 is 16.0 Å². The molecule has 4 heterocycles. The lowest BCUT2D eigenvalue weighted by Gasteiger charge is -2.29. The maximum Gasteiger partial charge on any atom is 0.256 e. The second kappa shape index (κ2) is 12.1. The summed E-state index contributed by atoms with van der Waals surface area (Å²) in [6.07, 6.45) is 13.8. The van der Waals surface area contributed by atoms with Crippen molar-refractivity contribution < 1.29 is 12.8 Å². The fourth-order valence-electron chi connectivity index (χ4n) is 5.29. The molecule has 12 nitrogen and oxygen atoms in total. The molecule has 42 heavy (non-hydrogen) atoms. The lowest BCUT2D eigenvalue weighted by molar-refractivity contribution is 0.294. The van der Waals surface area contributed by atoms with Crippen LogP contribution in [0.5, 0.6) is 0 Å². The molecule has 0 bridgehead atoms. The second-order valence-corrected chi connectivity index (χ2v) is 13.0. The SMILES string of the molecule is Cn1ccc(-c2cnc(Nc3ccnc(-c4cnn(S(=O)(=O)C5CC5)c4)n3)cc2NCC2CCC(NCCF)CC2)n1.